The van der Waals surface area contributed by atoms with Gasteiger partial charge in [0.1, 0.15) is 11.2 Å². The van der Waals surface area contributed by atoms with Crippen LogP contribution in [0.2, 0.25) is 0 Å². The molecule has 0 aromatic carbocycles. The molecule has 1 fully saturated rings. The Morgan fingerprint density at radius 2 is 1.77 bits per heavy atom. The van der Waals surface area contributed by atoms with Crippen LogP contribution in [0.25, 0.3) is 22.3 Å². The van der Waals surface area contributed by atoms with Crippen LogP contribution in [0.1, 0.15) is 49.9 Å². The summed E-state index contributed by atoms with van der Waals surface area (Å²) in [6, 6.07) is 2.62. The Kier molecular flexibility index (Phi) is 5.09. The number of aromatic nitrogens is 7. The second-order valence-corrected chi connectivity index (χ2v) is 8.98. The van der Waals surface area contributed by atoms with Gasteiger partial charge in [0.05, 0.1) is 24.2 Å². The van der Waals surface area contributed by atoms with Crippen LogP contribution in [-0.2, 0) is 20.6 Å². The fourth-order valence-corrected chi connectivity index (χ4v) is 4.61. The fraction of sp³-hybridized carbons (Fsp3) is 0.478. The number of imidazole rings is 1. The first-order valence-corrected chi connectivity index (χ1v) is 11.0. The molecule has 1 saturated heterocycles. The maximum Gasteiger partial charge on any atom is 0.115 e. The standard InChI is InChI=1S/C23H30N8/c1-16(2)31-15-24-23-21(31)9-20(27-22(23)19-11-26-29(4)14-19)18-5-7-30(8-6-18)13-17-10-25-28(3)12-17/h9-12,14-16,18H,5-8,13H2,1-4H3. The summed E-state index contributed by atoms with van der Waals surface area (Å²) in [5.74, 6) is 0.459. The van der Waals surface area contributed by atoms with E-state index in [1.165, 1.54) is 11.3 Å². The number of fused-ring (bicyclic) bond motifs is 1. The zero-order valence-electron chi connectivity index (χ0n) is 18.7. The van der Waals surface area contributed by atoms with E-state index < -0.39 is 0 Å². The summed E-state index contributed by atoms with van der Waals surface area (Å²) in [6.07, 6.45) is 12.1. The Labute approximate surface area is 182 Å². The SMILES string of the molecule is CC(C)n1cnc2c(-c3cnn(C)c3)nc(C3CCN(Cc4cnn(C)c4)CC3)cc21. The van der Waals surface area contributed by atoms with Crippen molar-refractivity contribution in [3.8, 4) is 11.3 Å². The fourth-order valence-electron chi connectivity index (χ4n) is 4.61. The summed E-state index contributed by atoms with van der Waals surface area (Å²) in [7, 11) is 3.91. The van der Waals surface area contributed by atoms with E-state index in [0.29, 0.717) is 12.0 Å². The van der Waals surface area contributed by atoms with Gasteiger partial charge < -0.3 is 4.57 Å². The van der Waals surface area contributed by atoms with Gasteiger partial charge >= 0.3 is 0 Å². The molecule has 0 atom stereocenters. The minimum Gasteiger partial charge on any atom is -0.328 e. The van der Waals surface area contributed by atoms with E-state index in [1.54, 1.807) is 0 Å². The number of rotatable bonds is 5. The molecule has 31 heavy (non-hydrogen) atoms. The largest absolute Gasteiger partial charge is 0.328 e. The maximum absolute atomic E-state index is 5.13. The minimum atomic E-state index is 0.350. The number of likely N-dealkylation sites (tertiary alicyclic amines) is 1. The number of aryl methyl sites for hydroxylation is 2. The summed E-state index contributed by atoms with van der Waals surface area (Å²) >= 11 is 0. The lowest BCUT2D eigenvalue weighted by molar-refractivity contribution is 0.203. The molecule has 5 heterocycles. The van der Waals surface area contributed by atoms with Crippen LogP contribution in [0, 0.1) is 0 Å². The first-order valence-electron chi connectivity index (χ1n) is 11.0. The van der Waals surface area contributed by atoms with E-state index in [9.17, 15) is 0 Å². The predicted molar refractivity (Wildman–Crippen MR) is 121 cm³/mol. The first kappa shape index (κ1) is 19.9. The Balaban J connectivity index is 1.43. The van der Waals surface area contributed by atoms with Crippen molar-refractivity contribution in [2.45, 2.75) is 45.2 Å². The van der Waals surface area contributed by atoms with Gasteiger partial charge in [0.15, 0.2) is 0 Å². The number of piperidine rings is 1. The minimum absolute atomic E-state index is 0.350. The van der Waals surface area contributed by atoms with Crippen LogP contribution in [0.3, 0.4) is 0 Å². The molecule has 0 unspecified atom stereocenters. The van der Waals surface area contributed by atoms with Crippen molar-refractivity contribution in [3.63, 3.8) is 0 Å². The molecule has 162 valence electrons. The van der Waals surface area contributed by atoms with Crippen LogP contribution in [0.5, 0.6) is 0 Å². The van der Waals surface area contributed by atoms with Crippen LogP contribution in [0.15, 0.2) is 37.2 Å². The van der Waals surface area contributed by atoms with Crippen LogP contribution in [-0.4, -0.2) is 52.1 Å². The van der Waals surface area contributed by atoms with Gasteiger partial charge in [-0.2, -0.15) is 10.2 Å². The summed E-state index contributed by atoms with van der Waals surface area (Å²) < 4.78 is 5.95. The molecule has 4 aromatic rings. The van der Waals surface area contributed by atoms with Gasteiger partial charge in [-0.15, -0.1) is 0 Å². The van der Waals surface area contributed by atoms with Crippen molar-refractivity contribution in [2.24, 2.45) is 14.1 Å². The molecule has 0 saturated carbocycles. The predicted octanol–water partition coefficient (Wildman–Crippen LogP) is 3.53. The topological polar surface area (TPSA) is 69.6 Å². The summed E-state index contributed by atoms with van der Waals surface area (Å²) in [6.45, 7) is 7.51. The van der Waals surface area contributed by atoms with Crippen LogP contribution in [0.4, 0.5) is 0 Å². The summed E-state index contributed by atoms with van der Waals surface area (Å²) in [5.41, 5.74) is 6.54. The van der Waals surface area contributed by atoms with Gasteiger partial charge in [-0.3, -0.25) is 14.3 Å². The Morgan fingerprint density at radius 3 is 2.42 bits per heavy atom. The van der Waals surface area contributed by atoms with Crippen LogP contribution < -0.4 is 0 Å². The number of hydrogen-bond donors (Lipinski definition) is 0. The van der Waals surface area contributed by atoms with Crippen molar-refractivity contribution in [1.29, 1.82) is 0 Å². The lowest BCUT2D eigenvalue weighted by Crippen LogP contribution is -2.32. The number of nitrogens with zero attached hydrogens (tertiary/aromatic N) is 8. The normalized spacial score (nSPS) is 16.0. The highest BCUT2D eigenvalue weighted by molar-refractivity contribution is 5.90. The second-order valence-electron chi connectivity index (χ2n) is 8.98. The molecule has 0 spiro atoms. The molecule has 4 aromatic heterocycles. The summed E-state index contributed by atoms with van der Waals surface area (Å²) in [5, 5.41) is 8.66. The van der Waals surface area contributed by atoms with E-state index in [-0.39, 0.29) is 0 Å². The third kappa shape index (κ3) is 3.87. The zero-order chi connectivity index (χ0) is 21.5. The van der Waals surface area contributed by atoms with Crippen LogP contribution >= 0.6 is 0 Å². The van der Waals surface area contributed by atoms with Crippen molar-refractivity contribution >= 4 is 11.0 Å². The van der Waals surface area contributed by atoms with E-state index in [2.05, 4.69) is 45.8 Å². The highest BCUT2D eigenvalue weighted by Gasteiger charge is 2.25. The molecule has 0 radical (unpaired) electrons. The number of pyridine rings is 1. The average molecular weight is 419 g/mol. The summed E-state index contributed by atoms with van der Waals surface area (Å²) in [4.78, 5) is 12.4. The Bertz CT molecular complexity index is 1190. The van der Waals surface area contributed by atoms with Gasteiger partial charge in [0.2, 0.25) is 0 Å². The lowest BCUT2D eigenvalue weighted by atomic mass is 9.92. The highest BCUT2D eigenvalue weighted by atomic mass is 15.2. The molecule has 5 rings (SSSR count). The molecule has 0 aliphatic carbocycles. The van der Waals surface area contributed by atoms with Crippen molar-refractivity contribution < 1.29 is 0 Å². The first-order chi connectivity index (χ1) is 15.0. The van der Waals surface area contributed by atoms with Gasteiger partial charge in [-0.1, -0.05) is 0 Å². The average Bonchev–Trinajstić information content (AvgIpc) is 3.47. The molecule has 1 aliphatic rings. The van der Waals surface area contributed by atoms with Crippen molar-refractivity contribution in [1.82, 2.24) is 39.0 Å². The highest BCUT2D eigenvalue weighted by Crippen LogP contribution is 2.34. The second kappa shape index (κ2) is 7.92. The van der Waals surface area contributed by atoms with Gasteiger partial charge in [0.25, 0.3) is 0 Å². The van der Waals surface area contributed by atoms with Crippen molar-refractivity contribution in [2.75, 3.05) is 13.1 Å². The lowest BCUT2D eigenvalue weighted by Gasteiger charge is -2.31. The van der Waals surface area contributed by atoms with E-state index in [4.69, 9.17) is 9.97 Å². The molecule has 0 amide bonds. The van der Waals surface area contributed by atoms with E-state index in [0.717, 1.165) is 54.8 Å². The molecular formula is C23H30N8. The molecule has 8 nitrogen and oxygen atoms in total. The smallest absolute Gasteiger partial charge is 0.115 e. The third-order valence-corrected chi connectivity index (χ3v) is 6.29. The molecule has 0 bridgehead atoms. The molecular weight excluding hydrogens is 388 g/mol. The molecule has 8 heteroatoms. The van der Waals surface area contributed by atoms with Gasteiger partial charge in [0, 0.05) is 61.8 Å². The van der Waals surface area contributed by atoms with E-state index >= 15 is 0 Å². The van der Waals surface area contributed by atoms with E-state index in [1.807, 2.05) is 48.4 Å². The Hall–Kier alpha value is -3.00. The maximum atomic E-state index is 5.13. The zero-order valence-corrected chi connectivity index (χ0v) is 18.7. The van der Waals surface area contributed by atoms with Gasteiger partial charge in [-0.25, -0.2) is 9.97 Å². The quantitative estimate of drug-likeness (QED) is 0.496. The molecule has 1 aliphatic heterocycles. The number of hydrogen-bond acceptors (Lipinski definition) is 5. The monoisotopic (exact) mass is 418 g/mol. The Morgan fingerprint density at radius 1 is 1.03 bits per heavy atom. The molecule has 0 N–H and O–H groups in total. The van der Waals surface area contributed by atoms with Gasteiger partial charge in [-0.05, 0) is 45.8 Å². The third-order valence-electron chi connectivity index (χ3n) is 6.29. The van der Waals surface area contributed by atoms with Crippen molar-refractivity contribution in [3.05, 3.63) is 48.4 Å².